The Morgan fingerprint density at radius 1 is 1.10 bits per heavy atom. The Balaban J connectivity index is 1.68. The third-order valence-corrected chi connectivity index (χ3v) is 5.95. The molecule has 0 saturated heterocycles. The van der Waals surface area contributed by atoms with Gasteiger partial charge in [0.15, 0.2) is 0 Å². The molecule has 4 nitrogen and oxygen atoms in total. The molecule has 2 N–H and O–H groups in total. The molecule has 4 aromatic rings. The molecule has 1 amide bonds. The number of aromatic nitrogens is 1. The van der Waals surface area contributed by atoms with Crippen LogP contribution >= 0.6 is 27.5 Å². The van der Waals surface area contributed by atoms with Gasteiger partial charge in [-0.1, -0.05) is 51.8 Å². The lowest BCUT2D eigenvalue weighted by atomic mass is 9.96. The molecule has 5 rings (SSSR count). The van der Waals surface area contributed by atoms with Crippen LogP contribution < -0.4 is 10.6 Å². The molecule has 2 heterocycles. The van der Waals surface area contributed by atoms with Gasteiger partial charge < -0.3 is 10.6 Å². The maximum absolute atomic E-state index is 14.0. The normalized spacial score (nSPS) is 15.2. The maximum atomic E-state index is 14.0. The molecule has 7 heteroatoms. The molecule has 0 aliphatic carbocycles. The second kappa shape index (κ2) is 7.38. The van der Waals surface area contributed by atoms with Crippen LogP contribution in [0.3, 0.4) is 0 Å². The molecule has 1 aliphatic rings. The number of benzene rings is 3. The molecule has 0 radical (unpaired) electrons. The number of pyridine rings is 1. The summed E-state index contributed by atoms with van der Waals surface area (Å²) in [4.78, 5) is 17.2. The van der Waals surface area contributed by atoms with Gasteiger partial charge in [-0.05, 0) is 41.8 Å². The molecule has 30 heavy (non-hydrogen) atoms. The zero-order valence-electron chi connectivity index (χ0n) is 15.4. The van der Waals surface area contributed by atoms with Crippen molar-refractivity contribution in [2.75, 3.05) is 5.32 Å². The van der Waals surface area contributed by atoms with Gasteiger partial charge in [-0.3, -0.25) is 4.79 Å². The quantitative estimate of drug-likeness (QED) is 0.357. The van der Waals surface area contributed by atoms with E-state index < -0.39 is 11.9 Å². The molecular weight excluding hydrogens is 469 g/mol. The Kier molecular flexibility index (Phi) is 4.68. The fraction of sp³-hybridized carbons (Fsp3) is 0.0435. The van der Waals surface area contributed by atoms with E-state index >= 15 is 0 Å². The van der Waals surface area contributed by atoms with Crippen LogP contribution in [0, 0.1) is 5.82 Å². The average molecular weight is 483 g/mol. The van der Waals surface area contributed by atoms with Crippen molar-refractivity contribution in [3.05, 3.63) is 98.9 Å². The van der Waals surface area contributed by atoms with Crippen molar-refractivity contribution < 1.29 is 9.18 Å². The Labute approximate surface area is 185 Å². The summed E-state index contributed by atoms with van der Waals surface area (Å²) in [6.07, 6.45) is 1.73. The van der Waals surface area contributed by atoms with E-state index in [2.05, 4.69) is 31.5 Å². The van der Waals surface area contributed by atoms with Gasteiger partial charge in [0.25, 0.3) is 5.91 Å². The number of halogens is 3. The first-order valence-electron chi connectivity index (χ1n) is 9.21. The molecule has 1 aliphatic heterocycles. The van der Waals surface area contributed by atoms with Crippen molar-refractivity contribution in [3.63, 3.8) is 0 Å². The third kappa shape index (κ3) is 3.22. The van der Waals surface area contributed by atoms with Crippen LogP contribution in [-0.4, -0.2) is 10.9 Å². The van der Waals surface area contributed by atoms with Crippen molar-refractivity contribution in [2.45, 2.75) is 6.04 Å². The van der Waals surface area contributed by atoms with E-state index in [4.69, 9.17) is 11.6 Å². The van der Waals surface area contributed by atoms with Gasteiger partial charge in [-0.25, -0.2) is 9.37 Å². The van der Waals surface area contributed by atoms with Crippen LogP contribution in [0.5, 0.6) is 0 Å². The van der Waals surface area contributed by atoms with E-state index in [1.165, 1.54) is 18.2 Å². The Morgan fingerprint density at radius 2 is 1.93 bits per heavy atom. The van der Waals surface area contributed by atoms with E-state index in [9.17, 15) is 9.18 Å². The van der Waals surface area contributed by atoms with Gasteiger partial charge in [0, 0.05) is 43.5 Å². The van der Waals surface area contributed by atoms with Gasteiger partial charge in [-0.2, -0.15) is 0 Å². The van der Waals surface area contributed by atoms with Crippen molar-refractivity contribution in [2.24, 2.45) is 0 Å². The Hall–Kier alpha value is -2.96. The van der Waals surface area contributed by atoms with E-state index in [-0.39, 0.29) is 5.91 Å². The molecule has 1 unspecified atom stereocenters. The SMILES string of the molecule is O=C1NC(c2cc(F)ccc2Cl)c2c(Nc3nccc4ccccc34)cc(Br)cc21. The predicted molar refractivity (Wildman–Crippen MR) is 120 cm³/mol. The zero-order valence-corrected chi connectivity index (χ0v) is 17.8. The largest absolute Gasteiger partial charge is 0.341 e. The fourth-order valence-electron chi connectivity index (χ4n) is 3.82. The zero-order chi connectivity index (χ0) is 20.8. The lowest BCUT2D eigenvalue weighted by Gasteiger charge is -2.19. The number of carbonyl (C=O) groups is 1. The van der Waals surface area contributed by atoms with Crippen molar-refractivity contribution in [1.82, 2.24) is 10.3 Å². The molecule has 0 fully saturated rings. The molecule has 3 aromatic carbocycles. The monoisotopic (exact) mass is 481 g/mol. The van der Waals surface area contributed by atoms with Crippen molar-refractivity contribution in [3.8, 4) is 0 Å². The van der Waals surface area contributed by atoms with E-state index in [0.29, 0.717) is 33.2 Å². The topological polar surface area (TPSA) is 54.0 Å². The number of amides is 1. The smallest absolute Gasteiger partial charge is 0.252 e. The highest BCUT2D eigenvalue weighted by atomic mass is 79.9. The molecular formula is C23H14BrClFN3O. The van der Waals surface area contributed by atoms with Crippen LogP contribution in [0.2, 0.25) is 5.02 Å². The number of fused-ring (bicyclic) bond motifs is 2. The summed E-state index contributed by atoms with van der Waals surface area (Å²) in [6, 6.07) is 17.0. The van der Waals surface area contributed by atoms with E-state index in [0.717, 1.165) is 15.2 Å². The lowest BCUT2D eigenvalue weighted by Crippen LogP contribution is -2.20. The van der Waals surface area contributed by atoms with Crippen LogP contribution in [0.15, 0.2) is 71.3 Å². The maximum Gasteiger partial charge on any atom is 0.252 e. The van der Waals surface area contributed by atoms with Crippen molar-refractivity contribution in [1.29, 1.82) is 0 Å². The summed E-state index contributed by atoms with van der Waals surface area (Å²) >= 11 is 9.83. The summed E-state index contributed by atoms with van der Waals surface area (Å²) in [5, 5.41) is 8.67. The van der Waals surface area contributed by atoms with Gasteiger partial charge >= 0.3 is 0 Å². The van der Waals surface area contributed by atoms with Gasteiger partial charge in [0.1, 0.15) is 11.6 Å². The standard InChI is InChI=1S/C23H14BrClFN3O/c24-13-9-17-20(21(29-23(17)30)16-11-14(26)5-6-18(16)25)19(10-13)28-22-15-4-2-1-3-12(15)7-8-27-22/h1-11,21H,(H,27,28)(H,29,30). The van der Waals surface area contributed by atoms with Gasteiger partial charge in [0.05, 0.1) is 6.04 Å². The summed E-state index contributed by atoms with van der Waals surface area (Å²) < 4.78 is 14.7. The van der Waals surface area contributed by atoms with Crippen LogP contribution in [-0.2, 0) is 0 Å². The minimum absolute atomic E-state index is 0.245. The summed E-state index contributed by atoms with van der Waals surface area (Å²) in [6.45, 7) is 0. The second-order valence-electron chi connectivity index (χ2n) is 6.99. The first-order chi connectivity index (χ1) is 14.5. The minimum atomic E-state index is -0.582. The Morgan fingerprint density at radius 3 is 2.80 bits per heavy atom. The molecule has 1 atom stereocenters. The molecule has 1 aromatic heterocycles. The number of nitrogens with one attached hydrogen (secondary N) is 2. The third-order valence-electron chi connectivity index (χ3n) is 5.15. The summed E-state index contributed by atoms with van der Waals surface area (Å²) in [7, 11) is 0. The highest BCUT2D eigenvalue weighted by Crippen LogP contribution is 2.42. The van der Waals surface area contributed by atoms with E-state index in [1.54, 1.807) is 12.3 Å². The number of rotatable bonds is 3. The van der Waals surface area contributed by atoms with Crippen molar-refractivity contribution >= 4 is 55.7 Å². The molecule has 0 spiro atoms. The first-order valence-corrected chi connectivity index (χ1v) is 10.4. The second-order valence-corrected chi connectivity index (χ2v) is 8.32. The average Bonchev–Trinajstić information content (AvgIpc) is 3.06. The van der Waals surface area contributed by atoms with Crippen LogP contribution in [0.25, 0.3) is 10.8 Å². The minimum Gasteiger partial charge on any atom is -0.341 e. The summed E-state index contributed by atoms with van der Waals surface area (Å²) in [5.41, 5.74) is 2.38. The number of hydrogen-bond donors (Lipinski definition) is 2. The summed E-state index contributed by atoms with van der Waals surface area (Å²) in [5.74, 6) is 0.00170. The van der Waals surface area contributed by atoms with Crippen LogP contribution in [0.1, 0.15) is 27.5 Å². The Bertz CT molecular complexity index is 1320. The number of hydrogen-bond acceptors (Lipinski definition) is 3. The number of nitrogens with zero attached hydrogens (tertiary/aromatic N) is 1. The highest BCUT2D eigenvalue weighted by Gasteiger charge is 2.34. The molecule has 0 saturated carbocycles. The highest BCUT2D eigenvalue weighted by molar-refractivity contribution is 9.10. The van der Waals surface area contributed by atoms with Gasteiger partial charge in [-0.15, -0.1) is 0 Å². The van der Waals surface area contributed by atoms with Gasteiger partial charge in [0.2, 0.25) is 0 Å². The number of anilines is 2. The van der Waals surface area contributed by atoms with Crippen LogP contribution in [0.4, 0.5) is 15.9 Å². The lowest BCUT2D eigenvalue weighted by molar-refractivity contribution is 0.0960. The van der Waals surface area contributed by atoms with E-state index in [1.807, 2.05) is 36.4 Å². The predicted octanol–water partition coefficient (Wildman–Crippen LogP) is 6.37. The fourth-order valence-corrected chi connectivity index (χ4v) is 4.50. The molecule has 148 valence electrons. The number of carbonyl (C=O) groups excluding carboxylic acids is 1. The molecule has 0 bridgehead atoms. The first kappa shape index (κ1) is 19.0.